The summed E-state index contributed by atoms with van der Waals surface area (Å²) in [6.45, 7) is 3.14. The Balaban J connectivity index is 1.75. The molecule has 26 heavy (non-hydrogen) atoms. The molecular weight excluding hydrogens is 328 g/mol. The third-order valence-corrected chi connectivity index (χ3v) is 4.86. The summed E-state index contributed by atoms with van der Waals surface area (Å²) in [5.74, 6) is 0.571. The first-order chi connectivity index (χ1) is 12.6. The van der Waals surface area contributed by atoms with Gasteiger partial charge in [-0.25, -0.2) is 9.36 Å². The number of nitrogens with one attached hydrogen (secondary N) is 2. The molecule has 0 amide bonds. The fourth-order valence-corrected chi connectivity index (χ4v) is 3.38. The maximum absolute atomic E-state index is 12.4. The number of aromatic amines is 1. The number of para-hydroxylation sites is 1. The number of hydrogen-bond donors (Lipinski definition) is 2. The van der Waals surface area contributed by atoms with E-state index in [1.807, 2.05) is 48.5 Å². The van der Waals surface area contributed by atoms with Gasteiger partial charge in [0, 0.05) is 12.6 Å². The van der Waals surface area contributed by atoms with E-state index in [-0.39, 0.29) is 11.6 Å². The normalized spacial score (nSPS) is 15.1. The van der Waals surface area contributed by atoms with Crippen LogP contribution in [-0.4, -0.2) is 21.1 Å². The van der Waals surface area contributed by atoms with E-state index < -0.39 is 5.69 Å². The van der Waals surface area contributed by atoms with Crippen LogP contribution in [0.3, 0.4) is 0 Å². The van der Waals surface area contributed by atoms with E-state index in [4.69, 9.17) is 0 Å². The van der Waals surface area contributed by atoms with Crippen LogP contribution in [0.2, 0.25) is 0 Å². The van der Waals surface area contributed by atoms with Crippen LogP contribution < -0.4 is 16.6 Å². The van der Waals surface area contributed by atoms with E-state index in [0.717, 1.165) is 5.69 Å². The third-order valence-electron chi connectivity index (χ3n) is 4.86. The molecule has 6 nitrogen and oxygen atoms in total. The summed E-state index contributed by atoms with van der Waals surface area (Å²) < 4.78 is 1.53. The maximum atomic E-state index is 12.4. The maximum Gasteiger partial charge on any atom is 0.334 e. The summed E-state index contributed by atoms with van der Waals surface area (Å²) in [6, 6.07) is 19.6. The number of fused-ring (bicyclic) bond motifs is 1. The van der Waals surface area contributed by atoms with Gasteiger partial charge in [-0.15, -0.1) is 0 Å². The quantitative estimate of drug-likeness (QED) is 0.763. The van der Waals surface area contributed by atoms with Crippen molar-refractivity contribution in [2.45, 2.75) is 19.5 Å². The van der Waals surface area contributed by atoms with E-state index >= 15 is 0 Å². The molecule has 1 aromatic heterocycles. The summed E-state index contributed by atoms with van der Waals surface area (Å²) in [4.78, 5) is 29.5. The lowest BCUT2D eigenvalue weighted by Gasteiger charge is -2.35. The van der Waals surface area contributed by atoms with Crippen LogP contribution in [0, 0.1) is 0 Å². The second kappa shape index (κ2) is 6.65. The highest BCUT2D eigenvalue weighted by molar-refractivity contribution is 5.51. The molecule has 2 heterocycles. The van der Waals surface area contributed by atoms with Gasteiger partial charge >= 0.3 is 5.69 Å². The summed E-state index contributed by atoms with van der Waals surface area (Å²) in [6.07, 6.45) is 0. The SMILES string of the molecule is C[C@@H](c1ccccc1)N1CNc2c(c(=O)[nH]c(=O)n2-c2ccccc2)C1. The average molecular weight is 348 g/mol. The second-order valence-corrected chi connectivity index (χ2v) is 6.43. The van der Waals surface area contributed by atoms with Crippen LogP contribution in [0.25, 0.3) is 5.69 Å². The summed E-state index contributed by atoms with van der Waals surface area (Å²) in [5, 5.41) is 3.28. The Morgan fingerprint density at radius 1 is 0.962 bits per heavy atom. The van der Waals surface area contributed by atoms with E-state index in [2.05, 4.69) is 34.3 Å². The van der Waals surface area contributed by atoms with E-state index in [1.165, 1.54) is 10.1 Å². The standard InChI is InChI=1S/C20H20N4O2/c1-14(15-8-4-2-5-9-15)23-12-17-18(21-13-23)24(20(26)22-19(17)25)16-10-6-3-7-11-16/h2-11,14,21H,12-13H2,1H3,(H,22,25,26)/t14-/m0/s1. The third kappa shape index (κ3) is 2.84. The van der Waals surface area contributed by atoms with Crippen LogP contribution in [0.4, 0.5) is 5.82 Å². The predicted molar refractivity (Wildman–Crippen MR) is 102 cm³/mol. The van der Waals surface area contributed by atoms with Crippen molar-refractivity contribution >= 4 is 5.82 Å². The van der Waals surface area contributed by atoms with Crippen molar-refractivity contribution in [3.05, 3.63) is 92.6 Å². The first kappa shape index (κ1) is 16.4. The number of anilines is 1. The fourth-order valence-electron chi connectivity index (χ4n) is 3.38. The van der Waals surface area contributed by atoms with Gasteiger partial charge in [0.05, 0.1) is 17.9 Å². The minimum atomic E-state index is -0.433. The number of rotatable bonds is 3. The van der Waals surface area contributed by atoms with Gasteiger partial charge in [0.2, 0.25) is 0 Å². The van der Waals surface area contributed by atoms with Gasteiger partial charge in [-0.3, -0.25) is 14.7 Å². The Bertz CT molecular complexity index is 1030. The monoisotopic (exact) mass is 348 g/mol. The molecule has 1 aliphatic rings. The van der Waals surface area contributed by atoms with Crippen molar-refractivity contribution in [2.24, 2.45) is 0 Å². The molecule has 0 spiro atoms. The topological polar surface area (TPSA) is 70.1 Å². The van der Waals surface area contributed by atoms with Crippen LogP contribution in [0.15, 0.2) is 70.3 Å². The smallest absolute Gasteiger partial charge is 0.334 e. The number of hydrogen-bond acceptors (Lipinski definition) is 4. The summed E-state index contributed by atoms with van der Waals surface area (Å²) in [7, 11) is 0. The van der Waals surface area contributed by atoms with Crippen molar-refractivity contribution < 1.29 is 0 Å². The molecule has 3 aromatic rings. The van der Waals surface area contributed by atoms with E-state index in [0.29, 0.717) is 24.6 Å². The molecule has 0 unspecified atom stereocenters. The van der Waals surface area contributed by atoms with Crippen molar-refractivity contribution in [3.8, 4) is 5.69 Å². The minimum Gasteiger partial charge on any atom is -0.358 e. The van der Waals surface area contributed by atoms with Crippen LogP contribution >= 0.6 is 0 Å². The van der Waals surface area contributed by atoms with Gasteiger partial charge in [0.1, 0.15) is 5.82 Å². The fraction of sp³-hybridized carbons (Fsp3) is 0.200. The zero-order valence-corrected chi connectivity index (χ0v) is 14.5. The first-order valence-electron chi connectivity index (χ1n) is 8.61. The molecule has 4 rings (SSSR count). The molecule has 6 heteroatoms. The zero-order valence-electron chi connectivity index (χ0n) is 14.5. The van der Waals surface area contributed by atoms with Crippen LogP contribution in [0.1, 0.15) is 24.1 Å². The van der Waals surface area contributed by atoms with Crippen molar-refractivity contribution in [1.82, 2.24) is 14.5 Å². The molecule has 0 saturated heterocycles. The van der Waals surface area contributed by atoms with Gasteiger partial charge in [-0.2, -0.15) is 0 Å². The van der Waals surface area contributed by atoms with Crippen LogP contribution in [0.5, 0.6) is 0 Å². The number of benzene rings is 2. The number of nitrogens with zero attached hydrogens (tertiary/aromatic N) is 2. The Labute approximate surface area is 150 Å². The Morgan fingerprint density at radius 3 is 2.31 bits per heavy atom. The Kier molecular flexibility index (Phi) is 4.18. The molecule has 1 atom stereocenters. The zero-order chi connectivity index (χ0) is 18.1. The van der Waals surface area contributed by atoms with Gasteiger partial charge in [0.15, 0.2) is 0 Å². The molecule has 0 fully saturated rings. The first-order valence-corrected chi connectivity index (χ1v) is 8.61. The number of H-pyrrole nitrogens is 1. The molecule has 1 aliphatic heterocycles. The lowest BCUT2D eigenvalue weighted by molar-refractivity contribution is 0.207. The van der Waals surface area contributed by atoms with Crippen molar-refractivity contribution in [3.63, 3.8) is 0 Å². The van der Waals surface area contributed by atoms with Gasteiger partial charge in [-0.05, 0) is 24.6 Å². The van der Waals surface area contributed by atoms with Gasteiger partial charge < -0.3 is 5.32 Å². The van der Waals surface area contributed by atoms with Crippen molar-refractivity contribution in [2.75, 3.05) is 12.0 Å². The largest absolute Gasteiger partial charge is 0.358 e. The van der Waals surface area contributed by atoms with Crippen LogP contribution in [-0.2, 0) is 6.54 Å². The molecule has 2 aromatic carbocycles. The molecule has 0 aliphatic carbocycles. The lowest BCUT2D eigenvalue weighted by Crippen LogP contribution is -2.43. The van der Waals surface area contributed by atoms with Gasteiger partial charge in [0.25, 0.3) is 5.56 Å². The van der Waals surface area contributed by atoms with Gasteiger partial charge in [-0.1, -0.05) is 48.5 Å². The Hall–Kier alpha value is -3.12. The van der Waals surface area contributed by atoms with E-state index in [1.54, 1.807) is 0 Å². The molecular formula is C20H20N4O2. The molecule has 2 N–H and O–H groups in total. The average Bonchev–Trinajstić information content (AvgIpc) is 2.69. The Morgan fingerprint density at radius 2 is 1.62 bits per heavy atom. The van der Waals surface area contributed by atoms with E-state index in [9.17, 15) is 9.59 Å². The molecule has 0 bridgehead atoms. The molecule has 0 saturated carbocycles. The highest BCUT2D eigenvalue weighted by atomic mass is 16.2. The predicted octanol–water partition coefficient (Wildman–Crippen LogP) is 2.47. The lowest BCUT2D eigenvalue weighted by atomic mass is 10.1. The minimum absolute atomic E-state index is 0.147. The summed E-state index contributed by atoms with van der Waals surface area (Å²) in [5.41, 5.74) is 1.71. The molecule has 0 radical (unpaired) electrons. The number of aromatic nitrogens is 2. The highest BCUT2D eigenvalue weighted by Gasteiger charge is 2.26. The summed E-state index contributed by atoms with van der Waals surface area (Å²) >= 11 is 0. The highest BCUT2D eigenvalue weighted by Crippen LogP contribution is 2.27. The second-order valence-electron chi connectivity index (χ2n) is 6.43. The van der Waals surface area contributed by atoms with Crippen molar-refractivity contribution in [1.29, 1.82) is 0 Å². The molecule has 132 valence electrons.